The van der Waals surface area contributed by atoms with Gasteiger partial charge in [0.05, 0.1) is 0 Å². The van der Waals surface area contributed by atoms with Gasteiger partial charge in [-0.05, 0) is 38.9 Å². The van der Waals surface area contributed by atoms with Crippen LogP contribution >= 0.6 is 0 Å². The molecule has 3 nitrogen and oxygen atoms in total. The first kappa shape index (κ1) is 12.7. The van der Waals surface area contributed by atoms with Gasteiger partial charge in [0.1, 0.15) is 0 Å². The number of hydrogen-bond donors (Lipinski definition) is 1. The van der Waals surface area contributed by atoms with Gasteiger partial charge in [0.2, 0.25) is 0 Å². The highest BCUT2D eigenvalue weighted by atomic mass is 35.5. The van der Waals surface area contributed by atoms with Gasteiger partial charge in [-0.1, -0.05) is 6.42 Å². The van der Waals surface area contributed by atoms with Crippen molar-refractivity contribution in [2.75, 3.05) is 19.6 Å². The zero-order valence-electron chi connectivity index (χ0n) is 7.84. The summed E-state index contributed by atoms with van der Waals surface area (Å²) in [6.07, 6.45) is 5.03. The Morgan fingerprint density at radius 2 is 1.85 bits per heavy atom. The Morgan fingerprint density at radius 1 is 1.23 bits per heavy atom. The van der Waals surface area contributed by atoms with Crippen molar-refractivity contribution in [3.63, 3.8) is 0 Å². The molecule has 4 heteroatoms. The highest BCUT2D eigenvalue weighted by Gasteiger charge is 2.09. The van der Waals surface area contributed by atoms with Crippen molar-refractivity contribution in [2.24, 2.45) is 0 Å². The molecule has 1 rings (SSSR count). The molecule has 0 unspecified atom stereocenters. The molecule has 0 saturated carbocycles. The zero-order chi connectivity index (χ0) is 8.81. The van der Waals surface area contributed by atoms with Gasteiger partial charge < -0.3 is 22.4 Å². The summed E-state index contributed by atoms with van der Waals surface area (Å²) < 4.78 is 0. The SMILES string of the molecule is O=C(O)CCCN1CCCCC1.[Cl-]. The third-order valence-electron chi connectivity index (χ3n) is 2.31. The van der Waals surface area contributed by atoms with Crippen molar-refractivity contribution in [3.05, 3.63) is 0 Å². The fourth-order valence-electron chi connectivity index (χ4n) is 1.64. The highest BCUT2D eigenvalue weighted by Crippen LogP contribution is 2.09. The van der Waals surface area contributed by atoms with Gasteiger partial charge in [0.25, 0.3) is 0 Å². The Balaban J connectivity index is 0.00000144. The third-order valence-corrected chi connectivity index (χ3v) is 2.31. The molecule has 1 aliphatic rings. The van der Waals surface area contributed by atoms with E-state index in [9.17, 15) is 4.79 Å². The Bertz CT molecular complexity index is 147. The van der Waals surface area contributed by atoms with E-state index >= 15 is 0 Å². The normalized spacial score (nSPS) is 17.8. The minimum absolute atomic E-state index is 0. The number of nitrogens with zero attached hydrogens (tertiary/aromatic N) is 1. The largest absolute Gasteiger partial charge is 1.00 e. The third kappa shape index (κ3) is 5.88. The lowest BCUT2D eigenvalue weighted by atomic mass is 10.1. The predicted molar refractivity (Wildman–Crippen MR) is 47.2 cm³/mol. The summed E-state index contributed by atoms with van der Waals surface area (Å²) in [4.78, 5) is 12.6. The van der Waals surface area contributed by atoms with E-state index in [2.05, 4.69) is 4.90 Å². The molecule has 0 radical (unpaired) electrons. The van der Waals surface area contributed by atoms with Crippen LogP contribution in [-0.4, -0.2) is 35.6 Å². The molecule has 1 aliphatic heterocycles. The smallest absolute Gasteiger partial charge is 0.303 e. The first-order valence-corrected chi connectivity index (χ1v) is 4.73. The van der Waals surface area contributed by atoms with Crippen LogP contribution in [0.3, 0.4) is 0 Å². The number of rotatable bonds is 4. The summed E-state index contributed by atoms with van der Waals surface area (Å²) in [6, 6.07) is 0. The summed E-state index contributed by atoms with van der Waals surface area (Å²) in [5, 5.41) is 8.42. The number of likely N-dealkylation sites (tertiary alicyclic amines) is 1. The van der Waals surface area contributed by atoms with E-state index in [0.29, 0.717) is 6.42 Å². The van der Waals surface area contributed by atoms with Crippen LogP contribution in [0.15, 0.2) is 0 Å². The van der Waals surface area contributed by atoms with Gasteiger partial charge >= 0.3 is 5.97 Å². The Labute approximate surface area is 85.5 Å². The monoisotopic (exact) mass is 206 g/mol. The lowest BCUT2D eigenvalue weighted by Gasteiger charge is -2.25. The van der Waals surface area contributed by atoms with Crippen LogP contribution < -0.4 is 12.4 Å². The zero-order valence-corrected chi connectivity index (χ0v) is 8.59. The minimum atomic E-state index is -0.674. The van der Waals surface area contributed by atoms with E-state index in [0.717, 1.165) is 13.0 Å². The van der Waals surface area contributed by atoms with Crippen LogP contribution in [0.25, 0.3) is 0 Å². The molecule has 0 amide bonds. The molecule has 0 aliphatic carbocycles. The number of piperidine rings is 1. The Kier molecular flexibility index (Phi) is 7.00. The lowest BCUT2D eigenvalue weighted by Crippen LogP contribution is -3.00. The summed E-state index contributed by atoms with van der Waals surface area (Å²) in [7, 11) is 0. The van der Waals surface area contributed by atoms with Crippen LogP contribution in [0.5, 0.6) is 0 Å². The maximum atomic E-state index is 10.2. The Morgan fingerprint density at radius 3 is 2.38 bits per heavy atom. The Hall–Kier alpha value is -0.280. The predicted octanol–water partition coefficient (Wildman–Crippen LogP) is -1.66. The molecular formula is C9H17ClNO2-. The van der Waals surface area contributed by atoms with Crippen molar-refractivity contribution in [1.82, 2.24) is 4.90 Å². The van der Waals surface area contributed by atoms with Crippen molar-refractivity contribution in [2.45, 2.75) is 32.1 Å². The molecule has 0 aromatic carbocycles. The van der Waals surface area contributed by atoms with Gasteiger partial charge in [0, 0.05) is 6.42 Å². The maximum Gasteiger partial charge on any atom is 0.303 e. The van der Waals surface area contributed by atoms with Crippen LogP contribution in [0, 0.1) is 0 Å². The van der Waals surface area contributed by atoms with Gasteiger partial charge in [-0.25, -0.2) is 0 Å². The first-order valence-electron chi connectivity index (χ1n) is 4.73. The van der Waals surface area contributed by atoms with Gasteiger partial charge in [-0.15, -0.1) is 0 Å². The molecule has 0 spiro atoms. The first-order chi connectivity index (χ1) is 5.79. The topological polar surface area (TPSA) is 40.5 Å². The van der Waals surface area contributed by atoms with Crippen molar-refractivity contribution in [3.8, 4) is 0 Å². The fraction of sp³-hybridized carbons (Fsp3) is 0.889. The average molecular weight is 207 g/mol. The van der Waals surface area contributed by atoms with Gasteiger partial charge in [-0.3, -0.25) is 4.79 Å². The molecule has 0 atom stereocenters. The van der Waals surface area contributed by atoms with E-state index in [1.165, 1.54) is 32.4 Å². The van der Waals surface area contributed by atoms with Crippen molar-refractivity contribution in [1.29, 1.82) is 0 Å². The summed E-state index contributed by atoms with van der Waals surface area (Å²) in [5.74, 6) is -0.674. The molecule has 13 heavy (non-hydrogen) atoms. The second-order valence-electron chi connectivity index (χ2n) is 3.40. The maximum absolute atomic E-state index is 10.2. The summed E-state index contributed by atoms with van der Waals surface area (Å²) in [5.41, 5.74) is 0. The van der Waals surface area contributed by atoms with Crippen LogP contribution in [-0.2, 0) is 4.79 Å². The number of hydrogen-bond acceptors (Lipinski definition) is 2. The second kappa shape index (κ2) is 7.15. The quantitative estimate of drug-likeness (QED) is 0.599. The van der Waals surface area contributed by atoms with E-state index in [4.69, 9.17) is 5.11 Å². The summed E-state index contributed by atoms with van der Waals surface area (Å²) in [6.45, 7) is 3.30. The van der Waals surface area contributed by atoms with Crippen molar-refractivity contribution >= 4 is 5.97 Å². The fourth-order valence-corrected chi connectivity index (χ4v) is 1.64. The standard InChI is InChI=1S/C9H17NO2.ClH/c11-9(12)5-4-8-10-6-2-1-3-7-10;/h1-8H2,(H,11,12);1H/p-1. The molecule has 1 N–H and O–H groups in total. The minimum Gasteiger partial charge on any atom is -1.00 e. The highest BCUT2D eigenvalue weighted by molar-refractivity contribution is 5.66. The van der Waals surface area contributed by atoms with Gasteiger partial charge in [-0.2, -0.15) is 0 Å². The van der Waals surface area contributed by atoms with Crippen LogP contribution in [0.1, 0.15) is 32.1 Å². The second-order valence-corrected chi connectivity index (χ2v) is 3.40. The molecule has 78 valence electrons. The average Bonchev–Trinajstić information content (AvgIpc) is 2.05. The lowest BCUT2D eigenvalue weighted by molar-refractivity contribution is -0.137. The molecule has 0 aromatic rings. The number of halogens is 1. The summed E-state index contributed by atoms with van der Waals surface area (Å²) >= 11 is 0. The molecule has 0 aromatic heterocycles. The molecule has 1 saturated heterocycles. The van der Waals surface area contributed by atoms with Crippen molar-refractivity contribution < 1.29 is 22.3 Å². The van der Waals surface area contributed by atoms with E-state index < -0.39 is 5.97 Å². The van der Waals surface area contributed by atoms with E-state index in [-0.39, 0.29) is 12.4 Å². The number of aliphatic carboxylic acids is 1. The molecular weight excluding hydrogens is 190 g/mol. The number of carboxylic acids is 1. The number of carbonyl (C=O) groups is 1. The molecule has 0 bridgehead atoms. The van der Waals surface area contributed by atoms with Crippen LogP contribution in [0.4, 0.5) is 0 Å². The van der Waals surface area contributed by atoms with Gasteiger partial charge in [0.15, 0.2) is 0 Å². The molecule has 1 heterocycles. The number of carboxylic acid groups (broad SMARTS) is 1. The van der Waals surface area contributed by atoms with Crippen LogP contribution in [0.2, 0.25) is 0 Å². The molecule has 1 fully saturated rings. The van der Waals surface area contributed by atoms with E-state index in [1.54, 1.807) is 0 Å². The van der Waals surface area contributed by atoms with E-state index in [1.807, 2.05) is 0 Å².